The summed E-state index contributed by atoms with van der Waals surface area (Å²) in [4.78, 5) is 26.0. The standard InChI is InChI=1S/C11H9F3N4O3S/c12-11(13,14)7-1-2-18(17-7)4-8(19)15-3-9-16-6(5-22-9)10(20)21/h1-2,5H,3-4H2,(H,15,19)(H,20,21). The third-order valence-corrected chi connectivity index (χ3v) is 3.29. The maximum absolute atomic E-state index is 12.3. The number of amides is 1. The van der Waals surface area contributed by atoms with Gasteiger partial charge < -0.3 is 10.4 Å². The number of hydrogen-bond acceptors (Lipinski definition) is 5. The van der Waals surface area contributed by atoms with Gasteiger partial charge in [-0.3, -0.25) is 9.48 Å². The molecule has 0 unspecified atom stereocenters. The molecule has 7 nitrogen and oxygen atoms in total. The number of nitrogens with one attached hydrogen (secondary N) is 1. The van der Waals surface area contributed by atoms with Crippen LogP contribution >= 0.6 is 11.3 Å². The molecule has 1 amide bonds. The highest BCUT2D eigenvalue weighted by molar-refractivity contribution is 7.09. The average molecular weight is 334 g/mol. The second-order valence-corrected chi connectivity index (χ2v) is 5.05. The van der Waals surface area contributed by atoms with Crippen molar-refractivity contribution in [2.45, 2.75) is 19.3 Å². The lowest BCUT2D eigenvalue weighted by molar-refractivity contribution is -0.141. The van der Waals surface area contributed by atoms with Crippen LogP contribution < -0.4 is 5.32 Å². The zero-order chi connectivity index (χ0) is 16.3. The number of aromatic carboxylic acids is 1. The molecule has 0 aromatic carbocycles. The Kier molecular flexibility index (Phi) is 4.45. The number of halogens is 3. The molecule has 0 aliphatic rings. The van der Waals surface area contributed by atoms with E-state index in [0.717, 1.165) is 28.3 Å². The molecule has 0 fully saturated rings. The third kappa shape index (κ3) is 4.04. The van der Waals surface area contributed by atoms with Crippen molar-refractivity contribution >= 4 is 23.2 Å². The van der Waals surface area contributed by atoms with Crippen LogP contribution in [0.15, 0.2) is 17.6 Å². The molecule has 2 aromatic rings. The predicted octanol–water partition coefficient (Wildman–Crippen LogP) is 1.37. The fraction of sp³-hybridized carbons (Fsp3) is 0.273. The van der Waals surface area contributed by atoms with Gasteiger partial charge in [0, 0.05) is 11.6 Å². The second-order valence-electron chi connectivity index (χ2n) is 4.10. The molecule has 11 heteroatoms. The van der Waals surface area contributed by atoms with Crippen LogP contribution in [0.4, 0.5) is 13.2 Å². The Morgan fingerprint density at radius 3 is 2.68 bits per heavy atom. The highest BCUT2D eigenvalue weighted by atomic mass is 32.1. The fourth-order valence-electron chi connectivity index (χ4n) is 1.47. The van der Waals surface area contributed by atoms with Crippen LogP contribution in [0.5, 0.6) is 0 Å². The minimum Gasteiger partial charge on any atom is -0.476 e. The van der Waals surface area contributed by atoms with Gasteiger partial charge in [-0.05, 0) is 6.07 Å². The summed E-state index contributed by atoms with van der Waals surface area (Å²) >= 11 is 1.06. The lowest BCUT2D eigenvalue weighted by Gasteiger charge is -2.04. The third-order valence-electron chi connectivity index (χ3n) is 2.44. The van der Waals surface area contributed by atoms with Crippen molar-refractivity contribution in [3.8, 4) is 0 Å². The summed E-state index contributed by atoms with van der Waals surface area (Å²) in [7, 11) is 0. The molecule has 0 atom stereocenters. The van der Waals surface area contributed by atoms with Gasteiger partial charge in [-0.1, -0.05) is 0 Å². The number of hydrogen-bond donors (Lipinski definition) is 2. The first-order valence-electron chi connectivity index (χ1n) is 5.81. The number of alkyl halides is 3. The molecule has 0 saturated heterocycles. The molecule has 0 saturated carbocycles. The Morgan fingerprint density at radius 2 is 2.14 bits per heavy atom. The lowest BCUT2D eigenvalue weighted by Crippen LogP contribution is -2.27. The molecule has 2 rings (SSSR count). The van der Waals surface area contributed by atoms with Gasteiger partial charge in [0.05, 0.1) is 6.54 Å². The van der Waals surface area contributed by atoms with Crippen LogP contribution in [0, 0.1) is 0 Å². The molecule has 2 N–H and O–H groups in total. The molecule has 118 valence electrons. The minimum absolute atomic E-state index is 0.00975. The van der Waals surface area contributed by atoms with E-state index in [2.05, 4.69) is 15.4 Å². The lowest BCUT2D eigenvalue weighted by atomic mass is 10.4. The van der Waals surface area contributed by atoms with Crippen LogP contribution in [-0.4, -0.2) is 31.7 Å². The maximum Gasteiger partial charge on any atom is 0.435 e. The van der Waals surface area contributed by atoms with Crippen molar-refractivity contribution in [1.82, 2.24) is 20.1 Å². The van der Waals surface area contributed by atoms with Crippen molar-refractivity contribution in [2.24, 2.45) is 0 Å². The fourth-order valence-corrected chi connectivity index (χ4v) is 2.18. The summed E-state index contributed by atoms with van der Waals surface area (Å²) in [6.07, 6.45) is -3.51. The molecule has 0 bridgehead atoms. The van der Waals surface area contributed by atoms with Crippen LogP contribution in [0.3, 0.4) is 0 Å². The van der Waals surface area contributed by atoms with Crippen molar-refractivity contribution < 1.29 is 27.9 Å². The summed E-state index contributed by atoms with van der Waals surface area (Å²) in [5.74, 6) is -1.74. The zero-order valence-electron chi connectivity index (χ0n) is 10.8. The van der Waals surface area contributed by atoms with Gasteiger partial charge in [-0.2, -0.15) is 18.3 Å². The highest BCUT2D eigenvalue weighted by Crippen LogP contribution is 2.27. The van der Waals surface area contributed by atoms with E-state index in [1.54, 1.807) is 0 Å². The maximum atomic E-state index is 12.3. The molecule has 0 aliphatic heterocycles. The van der Waals surface area contributed by atoms with E-state index >= 15 is 0 Å². The number of nitrogens with zero attached hydrogens (tertiary/aromatic N) is 3. The van der Waals surface area contributed by atoms with Crippen LogP contribution in [-0.2, 0) is 24.1 Å². The summed E-state index contributed by atoms with van der Waals surface area (Å²) in [5.41, 5.74) is -1.21. The van der Waals surface area contributed by atoms with E-state index in [9.17, 15) is 22.8 Å². The number of thiazole rings is 1. The Bertz CT molecular complexity index is 695. The first-order valence-corrected chi connectivity index (χ1v) is 6.68. The van der Waals surface area contributed by atoms with E-state index in [0.29, 0.717) is 5.01 Å². The second kappa shape index (κ2) is 6.13. The van der Waals surface area contributed by atoms with Crippen LogP contribution in [0.1, 0.15) is 21.2 Å². The first kappa shape index (κ1) is 15.9. The van der Waals surface area contributed by atoms with E-state index < -0.39 is 23.7 Å². The van der Waals surface area contributed by atoms with Gasteiger partial charge in [-0.15, -0.1) is 11.3 Å². The van der Waals surface area contributed by atoms with E-state index in [4.69, 9.17) is 5.11 Å². The molecular weight excluding hydrogens is 325 g/mol. The van der Waals surface area contributed by atoms with Gasteiger partial charge in [-0.25, -0.2) is 9.78 Å². The Balaban J connectivity index is 1.87. The quantitative estimate of drug-likeness (QED) is 0.861. The topological polar surface area (TPSA) is 97.1 Å². The molecule has 2 aromatic heterocycles. The monoisotopic (exact) mass is 334 g/mol. The van der Waals surface area contributed by atoms with Crippen molar-refractivity contribution in [2.75, 3.05) is 0 Å². The smallest absolute Gasteiger partial charge is 0.435 e. The van der Waals surface area contributed by atoms with Crippen molar-refractivity contribution in [1.29, 1.82) is 0 Å². The van der Waals surface area contributed by atoms with Gasteiger partial charge in [0.15, 0.2) is 11.4 Å². The molecule has 0 aliphatic carbocycles. The van der Waals surface area contributed by atoms with Gasteiger partial charge in [0.1, 0.15) is 11.6 Å². The van der Waals surface area contributed by atoms with E-state index in [-0.39, 0.29) is 18.8 Å². The Labute approximate surface area is 125 Å². The normalized spacial score (nSPS) is 11.4. The number of carboxylic acids is 1. The number of carbonyl (C=O) groups excluding carboxylic acids is 1. The van der Waals surface area contributed by atoms with E-state index in [1.807, 2.05) is 0 Å². The largest absolute Gasteiger partial charge is 0.476 e. The molecule has 0 radical (unpaired) electrons. The Morgan fingerprint density at radius 1 is 1.41 bits per heavy atom. The highest BCUT2D eigenvalue weighted by Gasteiger charge is 2.33. The van der Waals surface area contributed by atoms with Crippen molar-refractivity contribution in [3.05, 3.63) is 34.0 Å². The van der Waals surface area contributed by atoms with Crippen LogP contribution in [0.25, 0.3) is 0 Å². The number of carboxylic acid groups (broad SMARTS) is 1. The summed E-state index contributed by atoms with van der Waals surface area (Å²) < 4.78 is 37.9. The number of rotatable bonds is 5. The first-order chi connectivity index (χ1) is 10.3. The zero-order valence-corrected chi connectivity index (χ0v) is 11.6. The molecule has 2 heterocycles. The Hall–Kier alpha value is -2.43. The average Bonchev–Trinajstić information content (AvgIpc) is 3.04. The SMILES string of the molecule is O=C(Cn1ccc(C(F)(F)F)n1)NCc1nc(C(=O)O)cs1. The van der Waals surface area contributed by atoms with Gasteiger partial charge >= 0.3 is 12.1 Å². The molecule has 22 heavy (non-hydrogen) atoms. The predicted molar refractivity (Wildman–Crippen MR) is 68.1 cm³/mol. The van der Waals surface area contributed by atoms with Crippen LogP contribution in [0.2, 0.25) is 0 Å². The molecular formula is C11H9F3N4O3S. The summed E-state index contributed by atoms with van der Waals surface area (Å²) in [6.45, 7) is -0.391. The number of aromatic nitrogens is 3. The number of carbonyl (C=O) groups is 2. The summed E-state index contributed by atoms with van der Waals surface area (Å²) in [5, 5.41) is 16.1. The van der Waals surface area contributed by atoms with Gasteiger partial charge in [0.2, 0.25) is 5.91 Å². The molecule has 0 spiro atoms. The summed E-state index contributed by atoms with van der Waals surface area (Å²) in [6, 6.07) is 0.771. The van der Waals surface area contributed by atoms with Gasteiger partial charge in [0.25, 0.3) is 0 Å². The minimum atomic E-state index is -4.56. The van der Waals surface area contributed by atoms with E-state index in [1.165, 1.54) is 5.38 Å². The van der Waals surface area contributed by atoms with Crippen molar-refractivity contribution in [3.63, 3.8) is 0 Å².